The minimum atomic E-state index is 0.0746. The Morgan fingerprint density at radius 3 is 2.85 bits per heavy atom. The minimum Gasteiger partial charge on any atom is -0.489 e. The molecule has 0 saturated carbocycles. The summed E-state index contributed by atoms with van der Waals surface area (Å²) in [5.74, 6) is 1.24. The van der Waals surface area contributed by atoms with Crippen LogP contribution in [0.2, 0.25) is 0 Å². The van der Waals surface area contributed by atoms with E-state index in [2.05, 4.69) is 38.5 Å². The van der Waals surface area contributed by atoms with Crippen LogP contribution in [0.4, 0.5) is 5.69 Å². The summed E-state index contributed by atoms with van der Waals surface area (Å²) in [5.41, 5.74) is 7.17. The molecule has 8 nitrogen and oxygen atoms in total. The number of nitrogens with one attached hydrogen (secondary N) is 1. The molecule has 0 spiro atoms. The molecule has 1 aliphatic carbocycles. The molecule has 6 rings (SSSR count). The van der Waals surface area contributed by atoms with Crippen molar-refractivity contribution < 1.29 is 14.2 Å². The summed E-state index contributed by atoms with van der Waals surface area (Å²) < 4.78 is 17.1. The van der Waals surface area contributed by atoms with E-state index in [9.17, 15) is 5.26 Å². The standard InChI is InChI=1S/C26H23N5O3/c27-13-18-9-16(1-2-24(18)34-20-3-6-32-7-4-20)25-21-10-17(11-22(21)30-15-31-25)19-12-23-26(29-14-19)33-8-5-28-23/h1-2,9-10,12,14-15,20,28H,3-8,11H2. The van der Waals surface area contributed by atoms with Gasteiger partial charge in [-0.3, -0.25) is 0 Å². The fourth-order valence-electron chi connectivity index (χ4n) is 4.59. The van der Waals surface area contributed by atoms with Crippen LogP contribution >= 0.6 is 0 Å². The van der Waals surface area contributed by atoms with Gasteiger partial charge in [-0.25, -0.2) is 15.0 Å². The van der Waals surface area contributed by atoms with E-state index < -0.39 is 0 Å². The fraction of sp³-hybridized carbons (Fsp3) is 0.308. The Morgan fingerprint density at radius 1 is 1.06 bits per heavy atom. The lowest BCUT2D eigenvalue weighted by Gasteiger charge is -2.23. The molecule has 0 unspecified atom stereocenters. The molecule has 1 aromatic carbocycles. The van der Waals surface area contributed by atoms with Crippen LogP contribution in [-0.2, 0) is 11.2 Å². The Labute approximate surface area is 197 Å². The Kier molecular flexibility index (Phi) is 5.32. The van der Waals surface area contributed by atoms with Gasteiger partial charge in [0, 0.05) is 43.1 Å². The Hall–Kier alpha value is -3.96. The van der Waals surface area contributed by atoms with Gasteiger partial charge in [0.1, 0.15) is 30.9 Å². The average Bonchev–Trinajstić information content (AvgIpc) is 3.34. The number of rotatable bonds is 4. The highest BCUT2D eigenvalue weighted by atomic mass is 16.5. The van der Waals surface area contributed by atoms with Crippen molar-refractivity contribution in [3.63, 3.8) is 0 Å². The number of ether oxygens (including phenoxy) is 3. The van der Waals surface area contributed by atoms with E-state index in [4.69, 9.17) is 14.2 Å². The Balaban J connectivity index is 1.31. The first kappa shape index (κ1) is 20.6. The van der Waals surface area contributed by atoms with Crippen LogP contribution in [0.1, 0.15) is 35.2 Å². The second-order valence-corrected chi connectivity index (χ2v) is 8.53. The van der Waals surface area contributed by atoms with Gasteiger partial charge < -0.3 is 19.5 Å². The van der Waals surface area contributed by atoms with Crippen LogP contribution in [0.15, 0.2) is 36.8 Å². The molecule has 1 fully saturated rings. The lowest BCUT2D eigenvalue weighted by atomic mass is 10.0. The quantitative estimate of drug-likeness (QED) is 0.635. The lowest BCUT2D eigenvalue weighted by Crippen LogP contribution is -2.26. The molecule has 3 aliphatic rings. The van der Waals surface area contributed by atoms with Crippen molar-refractivity contribution in [2.24, 2.45) is 0 Å². The number of allylic oxidation sites excluding steroid dienone is 1. The first-order valence-electron chi connectivity index (χ1n) is 11.5. The number of nitriles is 1. The van der Waals surface area contributed by atoms with E-state index in [-0.39, 0.29) is 6.10 Å². The van der Waals surface area contributed by atoms with Crippen molar-refractivity contribution in [2.75, 3.05) is 31.7 Å². The van der Waals surface area contributed by atoms with Gasteiger partial charge in [-0.05, 0) is 41.5 Å². The van der Waals surface area contributed by atoms with Crippen molar-refractivity contribution in [1.29, 1.82) is 5.26 Å². The molecular formula is C26H23N5O3. The van der Waals surface area contributed by atoms with Crippen LogP contribution < -0.4 is 14.8 Å². The molecule has 3 aromatic rings. The summed E-state index contributed by atoms with van der Waals surface area (Å²) in [4.78, 5) is 13.6. The van der Waals surface area contributed by atoms with E-state index in [1.165, 1.54) is 0 Å². The molecule has 2 aromatic heterocycles. The molecule has 1 saturated heterocycles. The summed E-state index contributed by atoms with van der Waals surface area (Å²) >= 11 is 0. The maximum absolute atomic E-state index is 9.78. The fourth-order valence-corrected chi connectivity index (χ4v) is 4.59. The minimum absolute atomic E-state index is 0.0746. The third kappa shape index (κ3) is 3.84. The zero-order chi connectivity index (χ0) is 22.9. The Morgan fingerprint density at radius 2 is 1.97 bits per heavy atom. The largest absolute Gasteiger partial charge is 0.489 e. The normalized spacial score (nSPS) is 17.0. The van der Waals surface area contributed by atoms with Gasteiger partial charge in [-0.2, -0.15) is 5.26 Å². The molecule has 170 valence electrons. The molecule has 2 aliphatic heterocycles. The van der Waals surface area contributed by atoms with Crippen LogP contribution in [-0.4, -0.2) is 47.4 Å². The third-order valence-corrected chi connectivity index (χ3v) is 6.36. The van der Waals surface area contributed by atoms with Crippen molar-refractivity contribution in [3.05, 3.63) is 59.2 Å². The van der Waals surface area contributed by atoms with E-state index in [0.29, 0.717) is 43.4 Å². The van der Waals surface area contributed by atoms with Gasteiger partial charge in [0.2, 0.25) is 5.88 Å². The molecule has 0 bridgehead atoms. The second-order valence-electron chi connectivity index (χ2n) is 8.53. The monoisotopic (exact) mass is 453 g/mol. The number of fused-ring (bicyclic) bond motifs is 2. The Bertz CT molecular complexity index is 1320. The van der Waals surface area contributed by atoms with Gasteiger partial charge in [-0.15, -0.1) is 0 Å². The molecule has 0 atom stereocenters. The molecule has 0 amide bonds. The molecule has 0 radical (unpaired) electrons. The number of pyridine rings is 1. The summed E-state index contributed by atoms with van der Waals surface area (Å²) in [6, 6.07) is 10.0. The van der Waals surface area contributed by atoms with Crippen LogP contribution in [0.25, 0.3) is 22.9 Å². The van der Waals surface area contributed by atoms with Crippen LogP contribution in [0, 0.1) is 11.3 Å². The van der Waals surface area contributed by atoms with Gasteiger partial charge in [-0.1, -0.05) is 0 Å². The molecule has 8 heteroatoms. The van der Waals surface area contributed by atoms with Crippen LogP contribution in [0.3, 0.4) is 0 Å². The summed E-state index contributed by atoms with van der Waals surface area (Å²) in [6.45, 7) is 2.77. The van der Waals surface area contributed by atoms with Crippen LogP contribution in [0.5, 0.6) is 11.6 Å². The number of nitrogens with zero attached hydrogens (tertiary/aromatic N) is 4. The number of hydrogen-bond acceptors (Lipinski definition) is 8. The molecule has 34 heavy (non-hydrogen) atoms. The molecular weight excluding hydrogens is 430 g/mol. The van der Waals surface area contributed by atoms with E-state index in [1.54, 1.807) is 6.33 Å². The summed E-state index contributed by atoms with van der Waals surface area (Å²) in [5, 5.41) is 13.1. The topological polar surface area (TPSA) is 102 Å². The van der Waals surface area contributed by atoms with E-state index in [1.807, 2.05) is 24.4 Å². The first-order chi connectivity index (χ1) is 16.8. The summed E-state index contributed by atoms with van der Waals surface area (Å²) in [6.07, 6.45) is 7.98. The maximum atomic E-state index is 9.78. The highest BCUT2D eigenvalue weighted by Gasteiger charge is 2.23. The van der Waals surface area contributed by atoms with Gasteiger partial charge in [0.05, 0.1) is 35.9 Å². The predicted octanol–water partition coefficient (Wildman–Crippen LogP) is 3.87. The SMILES string of the molecule is N#Cc1cc(-c2ncnc3c2C=C(c2cnc4c(c2)NCCO4)C3)ccc1OC1CCOCC1. The third-order valence-electron chi connectivity index (χ3n) is 6.36. The van der Waals surface area contributed by atoms with Crippen molar-refractivity contribution in [1.82, 2.24) is 15.0 Å². The van der Waals surface area contributed by atoms with Gasteiger partial charge >= 0.3 is 0 Å². The zero-order valence-electron chi connectivity index (χ0n) is 18.6. The van der Waals surface area contributed by atoms with Gasteiger partial charge in [0.25, 0.3) is 0 Å². The first-order valence-corrected chi connectivity index (χ1v) is 11.5. The zero-order valence-corrected chi connectivity index (χ0v) is 18.6. The highest BCUT2D eigenvalue weighted by Crippen LogP contribution is 2.38. The lowest BCUT2D eigenvalue weighted by molar-refractivity contribution is 0.0254. The number of anilines is 1. The second kappa shape index (κ2) is 8.76. The number of hydrogen-bond donors (Lipinski definition) is 1. The summed E-state index contributed by atoms with van der Waals surface area (Å²) in [7, 11) is 0. The van der Waals surface area contributed by atoms with E-state index in [0.717, 1.165) is 58.7 Å². The van der Waals surface area contributed by atoms with Gasteiger partial charge in [0.15, 0.2) is 0 Å². The van der Waals surface area contributed by atoms with Crippen molar-refractivity contribution in [3.8, 4) is 29.0 Å². The number of aromatic nitrogens is 3. The van der Waals surface area contributed by atoms with E-state index >= 15 is 0 Å². The average molecular weight is 454 g/mol. The van der Waals surface area contributed by atoms with Crippen molar-refractivity contribution >= 4 is 17.3 Å². The highest BCUT2D eigenvalue weighted by molar-refractivity contribution is 5.92. The van der Waals surface area contributed by atoms with Crippen molar-refractivity contribution in [2.45, 2.75) is 25.4 Å². The predicted molar refractivity (Wildman–Crippen MR) is 126 cm³/mol. The maximum Gasteiger partial charge on any atom is 0.237 e. The smallest absolute Gasteiger partial charge is 0.237 e. The number of benzene rings is 1. The molecule has 4 heterocycles. The molecule has 1 N–H and O–H groups in total.